The van der Waals surface area contributed by atoms with E-state index in [0.717, 1.165) is 44.5 Å². The Morgan fingerprint density at radius 3 is 2.79 bits per heavy atom. The number of hydrogen-bond donors (Lipinski definition) is 1. The van der Waals surface area contributed by atoms with Gasteiger partial charge in [0.1, 0.15) is 17.2 Å². The second-order valence-corrected chi connectivity index (χ2v) is 7.98. The van der Waals surface area contributed by atoms with E-state index in [9.17, 15) is 18.4 Å². The van der Waals surface area contributed by atoms with Crippen molar-refractivity contribution in [3.05, 3.63) is 45.8 Å². The molecule has 2 aliphatic rings. The molecule has 0 bridgehead atoms. The van der Waals surface area contributed by atoms with Gasteiger partial charge in [0.25, 0.3) is 5.91 Å². The zero-order valence-corrected chi connectivity index (χ0v) is 16.0. The number of benzene rings is 1. The van der Waals surface area contributed by atoms with E-state index in [-0.39, 0.29) is 16.5 Å². The molecule has 3 heterocycles. The maximum absolute atomic E-state index is 14.1. The number of fused-ring (bicyclic) bond motifs is 2. The Kier molecular flexibility index (Phi) is 5.19. The van der Waals surface area contributed by atoms with Gasteiger partial charge in [0.05, 0.1) is 10.9 Å². The SMILES string of the molecule is Cn1cc(C(=O)NCC2CCCN3CCCCC23)c(=O)c2cc(F)cc(F)c21. The molecule has 5 nitrogen and oxygen atoms in total. The third-order valence-electron chi connectivity index (χ3n) is 6.19. The lowest BCUT2D eigenvalue weighted by Gasteiger charge is -2.44. The fraction of sp³-hybridized carbons (Fsp3) is 0.524. The number of rotatable bonds is 3. The molecule has 4 rings (SSSR count). The quantitative estimate of drug-likeness (QED) is 0.878. The van der Waals surface area contributed by atoms with Gasteiger partial charge in [0.2, 0.25) is 5.43 Å². The number of halogens is 2. The first kappa shape index (κ1) is 19.1. The van der Waals surface area contributed by atoms with E-state index in [1.165, 1.54) is 23.6 Å². The molecule has 28 heavy (non-hydrogen) atoms. The van der Waals surface area contributed by atoms with Crippen LogP contribution in [0.4, 0.5) is 8.78 Å². The number of amides is 1. The smallest absolute Gasteiger partial charge is 0.256 e. The van der Waals surface area contributed by atoms with Crippen LogP contribution in [0, 0.1) is 17.6 Å². The predicted molar refractivity (Wildman–Crippen MR) is 103 cm³/mol. The molecule has 2 fully saturated rings. The molecule has 1 aromatic heterocycles. The van der Waals surface area contributed by atoms with Gasteiger partial charge < -0.3 is 14.8 Å². The second kappa shape index (κ2) is 7.62. The summed E-state index contributed by atoms with van der Waals surface area (Å²) in [7, 11) is 1.54. The van der Waals surface area contributed by atoms with Crippen molar-refractivity contribution in [1.29, 1.82) is 0 Å². The molecule has 1 N–H and O–H groups in total. The first-order chi connectivity index (χ1) is 13.5. The van der Waals surface area contributed by atoms with Gasteiger partial charge in [-0.1, -0.05) is 6.42 Å². The minimum absolute atomic E-state index is 0.00641. The van der Waals surface area contributed by atoms with Crippen LogP contribution in [0.2, 0.25) is 0 Å². The molecule has 2 aromatic rings. The van der Waals surface area contributed by atoms with Gasteiger partial charge in [-0.15, -0.1) is 0 Å². The highest BCUT2D eigenvalue weighted by Crippen LogP contribution is 2.30. The third kappa shape index (κ3) is 3.43. The Morgan fingerprint density at radius 1 is 1.18 bits per heavy atom. The van der Waals surface area contributed by atoms with Crippen LogP contribution in [0.25, 0.3) is 10.9 Å². The number of nitrogens with zero attached hydrogens (tertiary/aromatic N) is 2. The van der Waals surface area contributed by atoms with Crippen molar-refractivity contribution >= 4 is 16.8 Å². The minimum Gasteiger partial charge on any atom is -0.352 e. The van der Waals surface area contributed by atoms with Gasteiger partial charge in [-0.2, -0.15) is 0 Å². The summed E-state index contributed by atoms with van der Waals surface area (Å²) in [5.74, 6) is -1.77. The van der Waals surface area contributed by atoms with Crippen LogP contribution in [0.15, 0.2) is 23.1 Å². The van der Waals surface area contributed by atoms with E-state index >= 15 is 0 Å². The maximum Gasteiger partial charge on any atom is 0.256 e. The summed E-state index contributed by atoms with van der Waals surface area (Å²) in [6.45, 7) is 2.76. The summed E-state index contributed by atoms with van der Waals surface area (Å²) in [5, 5.41) is 2.78. The molecule has 7 heteroatoms. The molecule has 0 saturated carbocycles. The Labute approximate surface area is 162 Å². The highest BCUT2D eigenvalue weighted by atomic mass is 19.1. The average molecular weight is 389 g/mol. The highest BCUT2D eigenvalue weighted by Gasteiger charge is 2.33. The summed E-state index contributed by atoms with van der Waals surface area (Å²) in [4.78, 5) is 27.9. The largest absolute Gasteiger partial charge is 0.352 e. The van der Waals surface area contributed by atoms with Crippen molar-refractivity contribution in [3.8, 4) is 0 Å². The number of nitrogens with one attached hydrogen (secondary N) is 1. The predicted octanol–water partition coefficient (Wildman–Crippen LogP) is 2.81. The molecule has 1 aromatic carbocycles. The van der Waals surface area contributed by atoms with Crippen molar-refractivity contribution in [2.24, 2.45) is 13.0 Å². The molecule has 2 atom stereocenters. The molecule has 0 aliphatic carbocycles. The van der Waals surface area contributed by atoms with Crippen molar-refractivity contribution in [2.45, 2.75) is 38.1 Å². The molecular weight excluding hydrogens is 364 g/mol. The van der Waals surface area contributed by atoms with Crippen LogP contribution in [-0.4, -0.2) is 41.1 Å². The highest BCUT2D eigenvalue weighted by molar-refractivity contribution is 5.97. The standard InChI is InChI=1S/C21H25F2N3O2/c1-25-12-16(20(27)15-9-14(22)10-17(23)19(15)25)21(28)24-11-13-5-4-8-26-7-3-2-6-18(13)26/h9-10,12-13,18H,2-8,11H2,1H3,(H,24,28). The van der Waals surface area contributed by atoms with Crippen LogP contribution >= 0.6 is 0 Å². The first-order valence-corrected chi connectivity index (χ1v) is 9.96. The van der Waals surface area contributed by atoms with E-state index in [1.807, 2.05) is 0 Å². The van der Waals surface area contributed by atoms with Gasteiger partial charge in [0.15, 0.2) is 0 Å². The third-order valence-corrected chi connectivity index (χ3v) is 6.19. The van der Waals surface area contributed by atoms with Crippen molar-refractivity contribution in [3.63, 3.8) is 0 Å². The topological polar surface area (TPSA) is 54.3 Å². The summed E-state index contributed by atoms with van der Waals surface area (Å²) in [6, 6.07) is 2.21. The zero-order valence-electron chi connectivity index (χ0n) is 16.0. The lowest BCUT2D eigenvalue weighted by Crippen LogP contribution is -2.51. The van der Waals surface area contributed by atoms with Crippen molar-refractivity contribution < 1.29 is 13.6 Å². The fourth-order valence-corrected chi connectivity index (χ4v) is 4.86. The number of aromatic nitrogens is 1. The Bertz CT molecular complexity index is 970. The van der Waals surface area contributed by atoms with Crippen LogP contribution in [-0.2, 0) is 7.05 Å². The number of hydrogen-bond acceptors (Lipinski definition) is 3. The van der Waals surface area contributed by atoms with Gasteiger partial charge in [-0.3, -0.25) is 9.59 Å². The van der Waals surface area contributed by atoms with Gasteiger partial charge >= 0.3 is 0 Å². The van der Waals surface area contributed by atoms with E-state index in [1.54, 1.807) is 7.05 Å². The van der Waals surface area contributed by atoms with Crippen LogP contribution in [0.3, 0.4) is 0 Å². The fourth-order valence-electron chi connectivity index (χ4n) is 4.86. The van der Waals surface area contributed by atoms with Crippen molar-refractivity contribution in [1.82, 2.24) is 14.8 Å². The molecular formula is C21H25F2N3O2. The van der Waals surface area contributed by atoms with Crippen LogP contribution < -0.4 is 10.7 Å². The molecule has 1 amide bonds. The Morgan fingerprint density at radius 2 is 1.96 bits per heavy atom. The molecule has 2 aliphatic heterocycles. The number of aryl methyl sites for hydroxylation is 1. The van der Waals surface area contributed by atoms with E-state index in [0.29, 0.717) is 18.5 Å². The van der Waals surface area contributed by atoms with Gasteiger partial charge in [-0.05, 0) is 50.8 Å². The average Bonchev–Trinajstić information content (AvgIpc) is 2.68. The molecule has 150 valence electrons. The number of pyridine rings is 1. The minimum atomic E-state index is -0.834. The van der Waals surface area contributed by atoms with E-state index in [2.05, 4.69) is 10.2 Å². The Hall–Kier alpha value is -2.28. The van der Waals surface area contributed by atoms with Gasteiger partial charge in [-0.25, -0.2) is 8.78 Å². The lowest BCUT2D eigenvalue weighted by atomic mass is 9.83. The number of carbonyl (C=O) groups is 1. The molecule has 0 spiro atoms. The number of carbonyl (C=O) groups excluding carboxylic acids is 1. The maximum atomic E-state index is 14.1. The monoisotopic (exact) mass is 389 g/mol. The summed E-state index contributed by atoms with van der Waals surface area (Å²) < 4.78 is 29.0. The first-order valence-electron chi connectivity index (χ1n) is 9.96. The number of piperidine rings is 2. The summed E-state index contributed by atoms with van der Waals surface area (Å²) >= 11 is 0. The molecule has 0 radical (unpaired) electrons. The van der Waals surface area contributed by atoms with E-state index in [4.69, 9.17) is 0 Å². The van der Waals surface area contributed by atoms with Crippen LogP contribution in [0.5, 0.6) is 0 Å². The van der Waals surface area contributed by atoms with Crippen molar-refractivity contribution in [2.75, 3.05) is 19.6 Å². The van der Waals surface area contributed by atoms with Gasteiger partial charge in [0, 0.05) is 31.9 Å². The summed E-state index contributed by atoms with van der Waals surface area (Å²) in [6.07, 6.45) is 7.11. The Balaban J connectivity index is 1.56. The summed E-state index contributed by atoms with van der Waals surface area (Å²) in [5.41, 5.74) is -0.740. The zero-order chi connectivity index (χ0) is 19.8. The van der Waals surface area contributed by atoms with E-state index < -0.39 is 23.0 Å². The lowest BCUT2D eigenvalue weighted by molar-refractivity contribution is 0.0575. The second-order valence-electron chi connectivity index (χ2n) is 7.98. The molecule has 2 saturated heterocycles. The normalized spacial score (nSPS) is 22.8. The molecule has 2 unspecified atom stereocenters. The van der Waals surface area contributed by atoms with Crippen LogP contribution in [0.1, 0.15) is 42.5 Å².